The number of imidazole rings is 1. The molecule has 27 heavy (non-hydrogen) atoms. The molecule has 4 rings (SSSR count). The molecule has 1 aliphatic heterocycles. The molecule has 2 aromatic heterocycles. The van der Waals surface area contributed by atoms with Crippen LogP contribution in [0.5, 0.6) is 0 Å². The first-order chi connectivity index (χ1) is 13.1. The lowest BCUT2D eigenvalue weighted by Gasteiger charge is -2.16. The van der Waals surface area contributed by atoms with Crippen LogP contribution in [0.3, 0.4) is 0 Å². The van der Waals surface area contributed by atoms with Gasteiger partial charge in [0, 0.05) is 6.54 Å². The molecular weight excluding hydrogens is 350 g/mol. The van der Waals surface area contributed by atoms with Crippen molar-refractivity contribution in [3.05, 3.63) is 48.0 Å². The lowest BCUT2D eigenvalue weighted by molar-refractivity contribution is -0.0511. The van der Waals surface area contributed by atoms with Gasteiger partial charge in [-0.25, -0.2) is 15.0 Å². The zero-order valence-corrected chi connectivity index (χ0v) is 14.7. The summed E-state index contributed by atoms with van der Waals surface area (Å²) in [7, 11) is 0. The summed E-state index contributed by atoms with van der Waals surface area (Å²) in [6, 6.07) is 8.17. The minimum atomic E-state index is -1.20. The smallest absolute Gasteiger partial charge is 0.167 e. The zero-order valence-electron chi connectivity index (χ0n) is 14.7. The van der Waals surface area contributed by atoms with Crippen molar-refractivity contribution >= 4 is 17.0 Å². The number of aliphatic hydroxyl groups is 3. The first-order valence-corrected chi connectivity index (χ1v) is 8.68. The van der Waals surface area contributed by atoms with Gasteiger partial charge in [-0.2, -0.15) is 0 Å². The van der Waals surface area contributed by atoms with Crippen LogP contribution in [0.25, 0.3) is 11.2 Å². The normalized spacial score (nSPS) is 25.2. The molecule has 142 valence electrons. The van der Waals surface area contributed by atoms with Gasteiger partial charge in [-0.15, -0.1) is 0 Å². The number of rotatable bonds is 5. The van der Waals surface area contributed by atoms with Crippen LogP contribution in [0.2, 0.25) is 0 Å². The molecule has 4 atom stereocenters. The number of nitrogens with zero attached hydrogens (tertiary/aromatic N) is 4. The maximum absolute atomic E-state index is 10.2. The molecule has 9 heteroatoms. The second-order valence-corrected chi connectivity index (χ2v) is 6.61. The third-order valence-corrected chi connectivity index (χ3v) is 4.73. The Labute approximate surface area is 155 Å². The summed E-state index contributed by atoms with van der Waals surface area (Å²) in [4.78, 5) is 12.8. The van der Waals surface area contributed by atoms with Crippen molar-refractivity contribution in [3.8, 4) is 0 Å². The van der Waals surface area contributed by atoms with E-state index in [1.165, 1.54) is 22.8 Å². The van der Waals surface area contributed by atoms with E-state index < -0.39 is 24.5 Å². The molecule has 0 radical (unpaired) electrons. The van der Waals surface area contributed by atoms with Crippen molar-refractivity contribution in [2.24, 2.45) is 0 Å². The van der Waals surface area contributed by atoms with Crippen LogP contribution in [-0.2, 0) is 11.3 Å². The minimum absolute atomic E-state index is 0.389. The summed E-state index contributed by atoms with van der Waals surface area (Å²) in [6.45, 7) is 2.22. The van der Waals surface area contributed by atoms with Gasteiger partial charge in [-0.3, -0.25) is 4.57 Å². The topological polar surface area (TPSA) is 126 Å². The standard InChI is InChI=1S/C18H21N5O4/c1-10-2-4-11(5-3-10)6-19-16-13-17(21-8-20-16)23(9-22-13)18-15(26)14(25)12(7-24)27-18/h2-5,8-9,12,14-15,18,24-26H,6-7H2,1H3,(H,19,20,21)/t12-,14?,15+,18-/m1/s1. The Morgan fingerprint density at radius 2 is 1.89 bits per heavy atom. The third-order valence-electron chi connectivity index (χ3n) is 4.73. The molecule has 1 fully saturated rings. The van der Waals surface area contributed by atoms with E-state index in [1.54, 1.807) is 0 Å². The van der Waals surface area contributed by atoms with E-state index in [1.807, 2.05) is 31.2 Å². The van der Waals surface area contributed by atoms with Gasteiger partial charge in [0.05, 0.1) is 12.9 Å². The first kappa shape index (κ1) is 17.8. The molecule has 4 N–H and O–H groups in total. The molecule has 3 heterocycles. The second kappa shape index (κ2) is 7.20. The molecule has 0 amide bonds. The SMILES string of the molecule is Cc1ccc(CNc2ncnc3c2ncn3[C@@H]2O[C@H](CO)C(O)[C@@H]2O)cc1. The Morgan fingerprint density at radius 3 is 2.59 bits per heavy atom. The molecule has 1 aromatic carbocycles. The van der Waals surface area contributed by atoms with E-state index in [-0.39, 0.29) is 6.61 Å². The summed E-state index contributed by atoms with van der Waals surface area (Å²) in [5.74, 6) is 0.561. The summed E-state index contributed by atoms with van der Waals surface area (Å²) in [5, 5.41) is 32.7. The van der Waals surface area contributed by atoms with Gasteiger partial charge in [0.25, 0.3) is 0 Å². The lowest BCUT2D eigenvalue weighted by Crippen LogP contribution is -2.33. The van der Waals surface area contributed by atoms with Crippen LogP contribution in [-0.4, -0.2) is 59.8 Å². The van der Waals surface area contributed by atoms with Crippen molar-refractivity contribution in [2.75, 3.05) is 11.9 Å². The van der Waals surface area contributed by atoms with Crippen LogP contribution in [0.1, 0.15) is 17.4 Å². The van der Waals surface area contributed by atoms with Crippen molar-refractivity contribution < 1.29 is 20.1 Å². The zero-order chi connectivity index (χ0) is 19.0. The fraction of sp³-hybridized carbons (Fsp3) is 0.389. The Kier molecular flexibility index (Phi) is 4.75. The Bertz CT molecular complexity index is 929. The van der Waals surface area contributed by atoms with E-state index >= 15 is 0 Å². The number of benzene rings is 1. The van der Waals surface area contributed by atoms with Gasteiger partial charge in [-0.1, -0.05) is 29.8 Å². The largest absolute Gasteiger partial charge is 0.394 e. The van der Waals surface area contributed by atoms with Gasteiger partial charge >= 0.3 is 0 Å². The summed E-state index contributed by atoms with van der Waals surface area (Å²) < 4.78 is 7.10. The second-order valence-electron chi connectivity index (χ2n) is 6.61. The van der Waals surface area contributed by atoms with E-state index in [0.717, 1.165) is 5.56 Å². The van der Waals surface area contributed by atoms with Gasteiger partial charge < -0.3 is 25.4 Å². The fourth-order valence-corrected chi connectivity index (χ4v) is 3.17. The third kappa shape index (κ3) is 3.26. The number of anilines is 1. The average Bonchev–Trinajstić information content (AvgIpc) is 3.23. The van der Waals surface area contributed by atoms with Gasteiger partial charge in [0.1, 0.15) is 24.6 Å². The quantitative estimate of drug-likeness (QED) is 0.507. The first-order valence-electron chi connectivity index (χ1n) is 8.68. The van der Waals surface area contributed by atoms with E-state index in [4.69, 9.17) is 4.74 Å². The highest BCUT2D eigenvalue weighted by Crippen LogP contribution is 2.32. The summed E-state index contributed by atoms with van der Waals surface area (Å²) in [5.41, 5.74) is 3.30. The van der Waals surface area contributed by atoms with Gasteiger partial charge in [0.15, 0.2) is 23.2 Å². The van der Waals surface area contributed by atoms with E-state index in [2.05, 4.69) is 20.3 Å². The number of hydrogen-bond donors (Lipinski definition) is 4. The number of nitrogens with one attached hydrogen (secondary N) is 1. The molecule has 0 aliphatic carbocycles. The number of aliphatic hydroxyl groups excluding tert-OH is 3. The average molecular weight is 371 g/mol. The molecule has 0 bridgehead atoms. The van der Waals surface area contributed by atoms with Crippen molar-refractivity contribution in [2.45, 2.75) is 38.0 Å². The maximum Gasteiger partial charge on any atom is 0.167 e. The predicted octanol–water partition coefficient (Wildman–Crippen LogP) is 0.358. The predicted molar refractivity (Wildman–Crippen MR) is 96.8 cm³/mol. The summed E-state index contributed by atoms with van der Waals surface area (Å²) >= 11 is 0. The minimum Gasteiger partial charge on any atom is -0.394 e. The van der Waals surface area contributed by atoms with Gasteiger partial charge in [-0.05, 0) is 12.5 Å². The monoisotopic (exact) mass is 371 g/mol. The van der Waals surface area contributed by atoms with Crippen LogP contribution in [0.15, 0.2) is 36.9 Å². The summed E-state index contributed by atoms with van der Waals surface area (Å²) in [6.07, 6.45) is -1.24. The highest BCUT2D eigenvalue weighted by Gasteiger charge is 2.44. The van der Waals surface area contributed by atoms with Crippen molar-refractivity contribution in [1.82, 2.24) is 19.5 Å². The molecule has 9 nitrogen and oxygen atoms in total. The fourth-order valence-electron chi connectivity index (χ4n) is 3.17. The lowest BCUT2D eigenvalue weighted by atomic mass is 10.1. The number of aromatic nitrogens is 4. The molecule has 1 unspecified atom stereocenters. The molecule has 0 spiro atoms. The molecular formula is C18H21N5O4. The molecule has 1 aliphatic rings. The van der Waals surface area contributed by atoms with Crippen LogP contribution in [0.4, 0.5) is 5.82 Å². The molecule has 0 saturated carbocycles. The highest BCUT2D eigenvalue weighted by atomic mass is 16.6. The number of fused-ring (bicyclic) bond motifs is 1. The van der Waals surface area contributed by atoms with Crippen LogP contribution < -0.4 is 5.32 Å². The van der Waals surface area contributed by atoms with E-state index in [9.17, 15) is 15.3 Å². The molecule has 3 aromatic rings. The van der Waals surface area contributed by atoms with Crippen LogP contribution >= 0.6 is 0 Å². The van der Waals surface area contributed by atoms with Crippen molar-refractivity contribution in [3.63, 3.8) is 0 Å². The highest BCUT2D eigenvalue weighted by molar-refractivity contribution is 5.82. The number of hydrogen-bond acceptors (Lipinski definition) is 8. The Balaban J connectivity index is 1.59. The Hall–Kier alpha value is -2.59. The molecule has 1 saturated heterocycles. The number of aryl methyl sites for hydroxylation is 1. The van der Waals surface area contributed by atoms with Crippen LogP contribution in [0, 0.1) is 6.92 Å². The van der Waals surface area contributed by atoms with Gasteiger partial charge in [0.2, 0.25) is 0 Å². The Morgan fingerprint density at radius 1 is 1.11 bits per heavy atom. The van der Waals surface area contributed by atoms with Crippen molar-refractivity contribution in [1.29, 1.82) is 0 Å². The van der Waals surface area contributed by atoms with E-state index in [0.29, 0.717) is 23.5 Å². The maximum atomic E-state index is 10.2. The number of ether oxygens (including phenoxy) is 1.